The van der Waals surface area contributed by atoms with Crippen molar-refractivity contribution < 1.29 is 9.47 Å². The van der Waals surface area contributed by atoms with Crippen LogP contribution in [0.4, 0.5) is 17.5 Å². The van der Waals surface area contributed by atoms with Gasteiger partial charge in [0.1, 0.15) is 6.61 Å². The number of anilines is 3. The maximum Gasteiger partial charge on any atom is 0.225 e. The summed E-state index contributed by atoms with van der Waals surface area (Å²) in [5, 5.41) is 3.58. The van der Waals surface area contributed by atoms with Crippen molar-refractivity contribution in [3.63, 3.8) is 0 Å². The van der Waals surface area contributed by atoms with Crippen LogP contribution in [0.25, 0.3) is 0 Å². The molecule has 0 amide bonds. The van der Waals surface area contributed by atoms with Crippen molar-refractivity contribution in [2.45, 2.75) is 50.6 Å². The van der Waals surface area contributed by atoms with Gasteiger partial charge in [0.15, 0.2) is 11.6 Å². The third-order valence-electron chi connectivity index (χ3n) is 7.97. The zero-order valence-electron chi connectivity index (χ0n) is 21.6. The summed E-state index contributed by atoms with van der Waals surface area (Å²) in [5.74, 6) is 3.72. The first-order valence-corrected chi connectivity index (χ1v) is 13.6. The average Bonchev–Trinajstić information content (AvgIpc) is 2.91. The highest BCUT2D eigenvalue weighted by Crippen LogP contribution is 2.33. The number of hydrogen-bond donors (Lipinski definition) is 1. The van der Waals surface area contributed by atoms with Crippen molar-refractivity contribution in [3.8, 4) is 11.6 Å². The fourth-order valence-corrected chi connectivity index (χ4v) is 5.34. The molecule has 0 radical (unpaired) electrons. The number of pyridine rings is 1. The number of fused-ring (bicyclic) bond motifs is 1. The third kappa shape index (κ3) is 5.58. The highest BCUT2D eigenvalue weighted by atomic mass is 16.5. The van der Waals surface area contributed by atoms with E-state index in [1.807, 2.05) is 6.20 Å². The number of piperidine rings is 1. The van der Waals surface area contributed by atoms with Crippen LogP contribution in [0.1, 0.15) is 37.7 Å². The monoisotopic (exact) mass is 500 g/mol. The lowest BCUT2D eigenvalue weighted by Gasteiger charge is -2.36. The summed E-state index contributed by atoms with van der Waals surface area (Å²) in [5.41, 5.74) is 2.49. The van der Waals surface area contributed by atoms with E-state index in [1.165, 1.54) is 30.5 Å². The Morgan fingerprint density at radius 2 is 1.89 bits per heavy atom. The van der Waals surface area contributed by atoms with E-state index >= 15 is 0 Å². The molecule has 1 aliphatic carbocycles. The minimum absolute atomic E-state index is 0.240. The Morgan fingerprint density at radius 1 is 1.05 bits per heavy atom. The number of nitrogens with zero attached hydrogens (tertiary/aromatic N) is 5. The van der Waals surface area contributed by atoms with Crippen LogP contribution in [-0.4, -0.2) is 60.4 Å². The maximum absolute atomic E-state index is 6.02. The lowest BCUT2D eigenvalue weighted by atomic mass is 9.86. The van der Waals surface area contributed by atoms with Gasteiger partial charge in [-0.15, -0.1) is 0 Å². The molecule has 37 heavy (non-hydrogen) atoms. The van der Waals surface area contributed by atoms with Crippen molar-refractivity contribution >= 4 is 17.5 Å². The molecule has 1 aromatic carbocycles. The number of rotatable bonds is 8. The first kappa shape index (κ1) is 23.8. The van der Waals surface area contributed by atoms with E-state index in [9.17, 15) is 0 Å². The largest absolute Gasteiger partial charge is 0.486 e. The van der Waals surface area contributed by atoms with E-state index in [-0.39, 0.29) is 6.04 Å². The molecule has 8 nitrogen and oxygen atoms in total. The molecule has 8 heteroatoms. The van der Waals surface area contributed by atoms with E-state index < -0.39 is 0 Å². The van der Waals surface area contributed by atoms with Crippen molar-refractivity contribution in [1.82, 2.24) is 15.0 Å². The first-order valence-electron chi connectivity index (χ1n) is 13.6. The lowest BCUT2D eigenvalue weighted by Crippen LogP contribution is -2.43. The second-order valence-corrected chi connectivity index (χ2v) is 10.5. The van der Waals surface area contributed by atoms with Crippen LogP contribution in [0.3, 0.4) is 0 Å². The Labute approximate surface area is 219 Å². The van der Waals surface area contributed by atoms with Crippen molar-refractivity contribution in [2.24, 2.45) is 5.92 Å². The Hall–Kier alpha value is -3.55. The summed E-state index contributed by atoms with van der Waals surface area (Å²) in [6, 6.07) is 15.3. The Morgan fingerprint density at radius 3 is 2.68 bits per heavy atom. The third-order valence-corrected chi connectivity index (χ3v) is 7.97. The van der Waals surface area contributed by atoms with E-state index in [0.717, 1.165) is 56.4 Å². The highest BCUT2D eigenvalue weighted by Gasteiger charge is 2.28. The molecule has 4 heterocycles. The van der Waals surface area contributed by atoms with Gasteiger partial charge in [0.2, 0.25) is 11.8 Å². The molecule has 1 unspecified atom stereocenters. The van der Waals surface area contributed by atoms with Crippen LogP contribution in [0, 0.1) is 5.92 Å². The van der Waals surface area contributed by atoms with Crippen LogP contribution in [0.2, 0.25) is 0 Å². The van der Waals surface area contributed by atoms with Crippen LogP contribution in [-0.2, 0) is 6.42 Å². The molecule has 0 spiro atoms. The van der Waals surface area contributed by atoms with Gasteiger partial charge in [-0.1, -0.05) is 36.8 Å². The van der Waals surface area contributed by atoms with Crippen molar-refractivity contribution in [1.29, 1.82) is 0 Å². The van der Waals surface area contributed by atoms with Gasteiger partial charge in [-0.05, 0) is 49.7 Å². The highest BCUT2D eigenvalue weighted by molar-refractivity contribution is 5.56. The van der Waals surface area contributed by atoms with Gasteiger partial charge in [0.25, 0.3) is 0 Å². The summed E-state index contributed by atoms with van der Waals surface area (Å²) in [4.78, 5) is 18.5. The molecule has 194 valence electrons. The summed E-state index contributed by atoms with van der Waals surface area (Å²) in [7, 11) is 2.10. The number of aromatic nitrogens is 3. The van der Waals surface area contributed by atoms with Gasteiger partial charge >= 0.3 is 0 Å². The Kier molecular flexibility index (Phi) is 6.97. The molecule has 3 aliphatic rings. The van der Waals surface area contributed by atoms with E-state index in [1.54, 1.807) is 6.20 Å². The fraction of sp³-hybridized carbons (Fsp3) is 0.483. The molecular formula is C29H36N6O2. The minimum atomic E-state index is 0.240. The number of benzene rings is 1. The molecule has 1 saturated heterocycles. The van der Waals surface area contributed by atoms with Gasteiger partial charge in [0, 0.05) is 44.1 Å². The second-order valence-electron chi connectivity index (χ2n) is 10.5. The molecule has 2 aromatic heterocycles. The predicted molar refractivity (Wildman–Crippen MR) is 146 cm³/mol. The Bertz CT molecular complexity index is 1180. The average molecular weight is 501 g/mol. The molecule has 0 bridgehead atoms. The number of likely N-dealkylation sites (N-methyl/N-ethyl adjacent to an activating group) is 1. The van der Waals surface area contributed by atoms with Gasteiger partial charge in [-0.3, -0.25) is 0 Å². The standard InChI is InChI=1S/C29H36N6O2/c1-34-25(16-21-6-3-2-4-7-21)20-36-26-18-31-29(33-28(26)34)32-23-11-14-35(15-12-23)24-10-13-30-27(17-24)37-19-22-8-5-9-22/h2-4,6-7,10,13,17-18,22-23,25H,5,8-9,11-12,14-16,19-20H2,1H3,(H,31,32,33). The van der Waals surface area contributed by atoms with Crippen LogP contribution < -0.4 is 24.6 Å². The minimum Gasteiger partial charge on any atom is -0.486 e. The summed E-state index contributed by atoms with van der Waals surface area (Å²) in [6.07, 6.45) is 10.5. The molecule has 1 saturated carbocycles. The number of ether oxygens (including phenoxy) is 2. The molecule has 6 rings (SSSR count). The SMILES string of the molecule is CN1c2nc(NC3CCN(c4ccnc(OCC5CCC5)c4)CC3)ncc2OCC1Cc1ccccc1. The zero-order valence-corrected chi connectivity index (χ0v) is 21.6. The van der Waals surface area contributed by atoms with Gasteiger partial charge < -0.3 is 24.6 Å². The van der Waals surface area contributed by atoms with E-state index in [4.69, 9.17) is 14.5 Å². The van der Waals surface area contributed by atoms with Crippen molar-refractivity contribution in [2.75, 3.05) is 48.5 Å². The quantitative estimate of drug-likeness (QED) is 0.482. The molecule has 2 fully saturated rings. The zero-order chi connectivity index (χ0) is 25.0. The number of hydrogen-bond acceptors (Lipinski definition) is 8. The topological polar surface area (TPSA) is 75.6 Å². The molecule has 1 N–H and O–H groups in total. The summed E-state index contributed by atoms with van der Waals surface area (Å²) < 4.78 is 12.0. The van der Waals surface area contributed by atoms with Crippen LogP contribution in [0.15, 0.2) is 54.9 Å². The van der Waals surface area contributed by atoms with E-state index in [0.29, 0.717) is 24.5 Å². The fourth-order valence-electron chi connectivity index (χ4n) is 5.34. The predicted octanol–water partition coefficient (Wildman–Crippen LogP) is 4.57. The Balaban J connectivity index is 1.04. The lowest BCUT2D eigenvalue weighted by molar-refractivity contribution is 0.175. The second kappa shape index (κ2) is 10.8. The van der Waals surface area contributed by atoms with Gasteiger partial charge in [-0.2, -0.15) is 4.98 Å². The van der Waals surface area contributed by atoms with Crippen molar-refractivity contribution in [3.05, 3.63) is 60.4 Å². The smallest absolute Gasteiger partial charge is 0.225 e. The summed E-state index contributed by atoms with van der Waals surface area (Å²) in [6.45, 7) is 3.36. The van der Waals surface area contributed by atoms with Gasteiger partial charge in [-0.25, -0.2) is 9.97 Å². The number of nitrogens with one attached hydrogen (secondary N) is 1. The molecular weight excluding hydrogens is 464 g/mol. The molecule has 2 aliphatic heterocycles. The first-order chi connectivity index (χ1) is 18.2. The molecule has 1 atom stereocenters. The van der Waals surface area contributed by atoms with Crippen LogP contribution in [0.5, 0.6) is 11.6 Å². The van der Waals surface area contributed by atoms with Gasteiger partial charge in [0.05, 0.1) is 18.8 Å². The summed E-state index contributed by atoms with van der Waals surface area (Å²) >= 11 is 0. The molecule has 3 aromatic rings. The maximum atomic E-state index is 6.02. The van der Waals surface area contributed by atoms with Crippen LogP contribution >= 0.6 is 0 Å². The normalized spacial score (nSPS) is 20.1. The van der Waals surface area contributed by atoms with E-state index in [2.05, 4.69) is 74.6 Å².